The predicted octanol–water partition coefficient (Wildman–Crippen LogP) is 4.57. The minimum atomic E-state index is -0.540. The standard InChI is InChI=1S/C19H24O/c1-14-7-6-12-19(20,15(14)2)13-17-10-5-9-16-8-3-4-11-18(16)17/h3-5,8-11,14-15,20H,6-7,12-13H2,1-2H3. The van der Waals surface area contributed by atoms with Crippen LogP contribution in [0.3, 0.4) is 0 Å². The summed E-state index contributed by atoms with van der Waals surface area (Å²) in [5.74, 6) is 0.985. The molecule has 2 aromatic carbocycles. The third-order valence-electron chi connectivity index (χ3n) is 5.35. The lowest BCUT2D eigenvalue weighted by Gasteiger charge is -2.42. The molecule has 1 fully saturated rings. The molecule has 3 unspecified atom stereocenters. The maximum Gasteiger partial charge on any atom is 0.0716 e. The zero-order valence-electron chi connectivity index (χ0n) is 12.5. The minimum absolute atomic E-state index is 0.371. The van der Waals surface area contributed by atoms with Gasteiger partial charge in [-0.1, -0.05) is 69.2 Å². The summed E-state index contributed by atoms with van der Waals surface area (Å²) in [6, 6.07) is 14.9. The number of benzene rings is 2. The first-order valence-corrected chi connectivity index (χ1v) is 7.79. The molecule has 0 aliphatic heterocycles. The zero-order valence-corrected chi connectivity index (χ0v) is 12.5. The third-order valence-corrected chi connectivity index (χ3v) is 5.35. The van der Waals surface area contributed by atoms with Crippen LogP contribution in [0.1, 0.15) is 38.7 Å². The van der Waals surface area contributed by atoms with Crippen LogP contribution < -0.4 is 0 Å². The molecule has 0 spiro atoms. The topological polar surface area (TPSA) is 20.2 Å². The molecule has 3 atom stereocenters. The van der Waals surface area contributed by atoms with E-state index in [1.54, 1.807) is 0 Å². The Bertz CT molecular complexity index is 598. The lowest BCUT2D eigenvalue weighted by molar-refractivity contribution is -0.0618. The molecule has 0 bridgehead atoms. The summed E-state index contributed by atoms with van der Waals surface area (Å²) in [4.78, 5) is 0. The molecule has 0 aromatic heterocycles. The Morgan fingerprint density at radius 3 is 2.70 bits per heavy atom. The first-order valence-electron chi connectivity index (χ1n) is 7.79. The second kappa shape index (κ2) is 5.21. The first kappa shape index (κ1) is 13.6. The van der Waals surface area contributed by atoms with Crippen molar-refractivity contribution in [2.24, 2.45) is 11.8 Å². The van der Waals surface area contributed by atoms with E-state index in [1.807, 2.05) is 0 Å². The SMILES string of the molecule is CC1CCCC(O)(Cc2cccc3ccccc23)C1C. The van der Waals surface area contributed by atoms with Crippen LogP contribution in [-0.2, 0) is 6.42 Å². The molecule has 1 aliphatic rings. The zero-order chi connectivity index (χ0) is 14.2. The van der Waals surface area contributed by atoms with Gasteiger partial charge in [-0.15, -0.1) is 0 Å². The fourth-order valence-electron chi connectivity index (χ4n) is 3.76. The van der Waals surface area contributed by atoms with Crippen LogP contribution in [0.25, 0.3) is 10.8 Å². The predicted molar refractivity (Wildman–Crippen MR) is 84.8 cm³/mol. The van der Waals surface area contributed by atoms with Crippen molar-refractivity contribution in [2.75, 3.05) is 0 Å². The maximum absolute atomic E-state index is 11.1. The summed E-state index contributed by atoms with van der Waals surface area (Å²) >= 11 is 0. The van der Waals surface area contributed by atoms with E-state index in [4.69, 9.17) is 0 Å². The molecular formula is C19H24O. The molecule has 0 radical (unpaired) electrons. The van der Waals surface area contributed by atoms with Gasteiger partial charge in [0.1, 0.15) is 0 Å². The van der Waals surface area contributed by atoms with Crippen LogP contribution in [0.15, 0.2) is 42.5 Å². The highest BCUT2D eigenvalue weighted by molar-refractivity contribution is 5.85. The van der Waals surface area contributed by atoms with Gasteiger partial charge in [0.25, 0.3) is 0 Å². The summed E-state index contributed by atoms with van der Waals surface area (Å²) in [5, 5.41) is 13.7. The van der Waals surface area contributed by atoms with Gasteiger partial charge in [0.2, 0.25) is 0 Å². The highest BCUT2D eigenvalue weighted by atomic mass is 16.3. The van der Waals surface area contributed by atoms with E-state index in [-0.39, 0.29) is 0 Å². The molecule has 0 heterocycles. The lowest BCUT2D eigenvalue weighted by atomic mass is 9.68. The molecule has 3 rings (SSSR count). The van der Waals surface area contributed by atoms with Crippen LogP contribution in [0.5, 0.6) is 0 Å². The van der Waals surface area contributed by atoms with Crippen LogP contribution in [-0.4, -0.2) is 10.7 Å². The molecule has 106 valence electrons. The van der Waals surface area contributed by atoms with E-state index in [2.05, 4.69) is 56.3 Å². The molecule has 1 heteroatoms. The Hall–Kier alpha value is -1.34. The smallest absolute Gasteiger partial charge is 0.0716 e. The molecule has 1 N–H and O–H groups in total. The Morgan fingerprint density at radius 2 is 1.85 bits per heavy atom. The molecular weight excluding hydrogens is 244 g/mol. The van der Waals surface area contributed by atoms with E-state index in [9.17, 15) is 5.11 Å². The Balaban J connectivity index is 1.96. The van der Waals surface area contributed by atoms with E-state index >= 15 is 0 Å². The van der Waals surface area contributed by atoms with Crippen molar-refractivity contribution in [2.45, 2.75) is 45.1 Å². The highest BCUT2D eigenvalue weighted by Crippen LogP contribution is 2.40. The largest absolute Gasteiger partial charge is 0.389 e. The first-order chi connectivity index (χ1) is 9.60. The molecule has 2 aromatic rings. The molecule has 1 aliphatic carbocycles. The van der Waals surface area contributed by atoms with Gasteiger partial charge in [0, 0.05) is 6.42 Å². The van der Waals surface area contributed by atoms with Gasteiger partial charge in [-0.3, -0.25) is 0 Å². The van der Waals surface area contributed by atoms with Crippen molar-refractivity contribution in [1.82, 2.24) is 0 Å². The molecule has 1 saturated carbocycles. The van der Waals surface area contributed by atoms with Gasteiger partial charge in [-0.25, -0.2) is 0 Å². The van der Waals surface area contributed by atoms with E-state index in [0.29, 0.717) is 11.8 Å². The second-order valence-corrected chi connectivity index (χ2v) is 6.58. The van der Waals surface area contributed by atoms with Crippen LogP contribution in [0.2, 0.25) is 0 Å². The number of hydrogen-bond acceptors (Lipinski definition) is 1. The maximum atomic E-state index is 11.1. The van der Waals surface area contributed by atoms with Gasteiger partial charge in [0.15, 0.2) is 0 Å². The number of aliphatic hydroxyl groups is 1. The van der Waals surface area contributed by atoms with Crippen molar-refractivity contribution >= 4 is 10.8 Å². The van der Waals surface area contributed by atoms with Gasteiger partial charge >= 0.3 is 0 Å². The Kier molecular flexibility index (Phi) is 3.55. The second-order valence-electron chi connectivity index (χ2n) is 6.58. The number of fused-ring (bicyclic) bond motifs is 1. The quantitative estimate of drug-likeness (QED) is 0.846. The Labute approximate surface area is 121 Å². The van der Waals surface area contributed by atoms with Gasteiger partial charge < -0.3 is 5.11 Å². The van der Waals surface area contributed by atoms with Gasteiger partial charge in [-0.2, -0.15) is 0 Å². The molecule has 0 amide bonds. The third kappa shape index (κ3) is 2.35. The van der Waals surface area contributed by atoms with E-state index < -0.39 is 5.60 Å². The summed E-state index contributed by atoms with van der Waals surface area (Å²) in [6.07, 6.45) is 4.10. The average Bonchev–Trinajstić information content (AvgIpc) is 2.45. The fourth-order valence-corrected chi connectivity index (χ4v) is 3.76. The normalized spacial score (nSPS) is 30.6. The van der Waals surface area contributed by atoms with E-state index in [1.165, 1.54) is 22.8 Å². The van der Waals surface area contributed by atoms with Gasteiger partial charge in [-0.05, 0) is 34.6 Å². The van der Waals surface area contributed by atoms with Crippen LogP contribution in [0.4, 0.5) is 0 Å². The van der Waals surface area contributed by atoms with Crippen molar-refractivity contribution in [3.8, 4) is 0 Å². The van der Waals surface area contributed by atoms with Crippen molar-refractivity contribution in [3.05, 3.63) is 48.0 Å². The highest BCUT2D eigenvalue weighted by Gasteiger charge is 2.39. The summed E-state index contributed by atoms with van der Waals surface area (Å²) < 4.78 is 0. The fraction of sp³-hybridized carbons (Fsp3) is 0.474. The minimum Gasteiger partial charge on any atom is -0.389 e. The van der Waals surface area contributed by atoms with E-state index in [0.717, 1.165) is 19.3 Å². The summed E-state index contributed by atoms with van der Waals surface area (Å²) in [6.45, 7) is 4.49. The summed E-state index contributed by atoms with van der Waals surface area (Å²) in [5.41, 5.74) is 0.744. The average molecular weight is 268 g/mol. The van der Waals surface area contributed by atoms with Crippen molar-refractivity contribution < 1.29 is 5.11 Å². The molecule has 1 nitrogen and oxygen atoms in total. The van der Waals surface area contributed by atoms with Crippen molar-refractivity contribution in [1.29, 1.82) is 0 Å². The number of rotatable bonds is 2. The monoisotopic (exact) mass is 268 g/mol. The lowest BCUT2D eigenvalue weighted by Crippen LogP contribution is -2.44. The number of hydrogen-bond donors (Lipinski definition) is 1. The summed E-state index contributed by atoms with van der Waals surface area (Å²) in [7, 11) is 0. The Morgan fingerprint density at radius 1 is 1.10 bits per heavy atom. The van der Waals surface area contributed by atoms with Crippen LogP contribution in [0, 0.1) is 11.8 Å². The van der Waals surface area contributed by atoms with Crippen LogP contribution >= 0.6 is 0 Å². The van der Waals surface area contributed by atoms with Crippen molar-refractivity contribution in [3.63, 3.8) is 0 Å². The molecule has 20 heavy (non-hydrogen) atoms. The molecule has 0 saturated heterocycles. The van der Waals surface area contributed by atoms with Gasteiger partial charge in [0.05, 0.1) is 5.60 Å².